The molecule has 0 aliphatic rings. The summed E-state index contributed by atoms with van der Waals surface area (Å²) < 4.78 is 26.7. The van der Waals surface area contributed by atoms with Crippen LogP contribution in [0, 0.1) is 0 Å². The highest BCUT2D eigenvalue weighted by atomic mass is 35.5. The zero-order valence-corrected chi connectivity index (χ0v) is 12.5. The summed E-state index contributed by atoms with van der Waals surface area (Å²) in [5.74, 6) is 0. The third kappa shape index (κ3) is 4.23. The SMILES string of the molecule is Cl.NCCc1ccc(NS(=O)(=O)c2ccccc2)cc1. The molecule has 3 N–H and O–H groups in total. The summed E-state index contributed by atoms with van der Waals surface area (Å²) in [4.78, 5) is 0.251. The first kappa shape index (κ1) is 16.5. The number of hydrogen-bond donors (Lipinski definition) is 2. The molecule has 2 aromatic rings. The highest BCUT2D eigenvalue weighted by Crippen LogP contribution is 2.16. The molecule has 20 heavy (non-hydrogen) atoms. The van der Waals surface area contributed by atoms with Crippen molar-refractivity contribution in [1.82, 2.24) is 0 Å². The highest BCUT2D eigenvalue weighted by Gasteiger charge is 2.12. The predicted octanol–water partition coefficient (Wildman–Crippen LogP) is 2.41. The number of benzene rings is 2. The number of nitrogens with two attached hydrogens (primary N) is 1. The molecular formula is C14H17ClN2O2S. The van der Waals surface area contributed by atoms with Gasteiger partial charge in [-0.2, -0.15) is 0 Å². The molecule has 2 aromatic carbocycles. The molecule has 0 unspecified atom stereocenters. The first-order chi connectivity index (χ1) is 9.12. The van der Waals surface area contributed by atoms with Crippen LogP contribution in [0.2, 0.25) is 0 Å². The van der Waals surface area contributed by atoms with Crippen molar-refractivity contribution in [3.8, 4) is 0 Å². The lowest BCUT2D eigenvalue weighted by atomic mass is 10.1. The van der Waals surface area contributed by atoms with E-state index in [1.165, 1.54) is 0 Å². The first-order valence-corrected chi connectivity index (χ1v) is 7.47. The Morgan fingerprint density at radius 1 is 0.950 bits per heavy atom. The molecule has 0 heterocycles. The van der Waals surface area contributed by atoms with E-state index in [-0.39, 0.29) is 17.3 Å². The summed E-state index contributed by atoms with van der Waals surface area (Å²) >= 11 is 0. The summed E-state index contributed by atoms with van der Waals surface area (Å²) in [5, 5.41) is 0. The molecule has 0 spiro atoms. The summed E-state index contributed by atoms with van der Waals surface area (Å²) in [7, 11) is -3.51. The molecule has 0 radical (unpaired) electrons. The number of sulfonamides is 1. The summed E-state index contributed by atoms with van der Waals surface area (Å²) in [5.41, 5.74) is 7.10. The fourth-order valence-electron chi connectivity index (χ4n) is 1.72. The van der Waals surface area contributed by atoms with Gasteiger partial charge in [0.15, 0.2) is 0 Å². The normalized spacial score (nSPS) is 10.7. The predicted molar refractivity (Wildman–Crippen MR) is 83.7 cm³/mol. The number of nitrogens with one attached hydrogen (secondary N) is 1. The van der Waals surface area contributed by atoms with Crippen LogP contribution in [0.3, 0.4) is 0 Å². The van der Waals surface area contributed by atoms with Crippen molar-refractivity contribution in [2.45, 2.75) is 11.3 Å². The van der Waals surface area contributed by atoms with Crippen LogP contribution in [0.1, 0.15) is 5.56 Å². The first-order valence-electron chi connectivity index (χ1n) is 5.99. The fourth-order valence-corrected chi connectivity index (χ4v) is 2.80. The van der Waals surface area contributed by atoms with Gasteiger partial charge < -0.3 is 5.73 Å². The maximum absolute atomic E-state index is 12.1. The Labute approximate surface area is 125 Å². The quantitative estimate of drug-likeness (QED) is 0.890. The molecule has 0 atom stereocenters. The second-order valence-electron chi connectivity index (χ2n) is 4.15. The Balaban J connectivity index is 0.00000200. The van der Waals surface area contributed by atoms with Crippen LogP contribution in [-0.4, -0.2) is 15.0 Å². The lowest BCUT2D eigenvalue weighted by Crippen LogP contribution is -2.12. The molecule has 0 saturated heterocycles. The van der Waals surface area contributed by atoms with E-state index in [1.54, 1.807) is 42.5 Å². The van der Waals surface area contributed by atoms with Gasteiger partial charge in [0.1, 0.15) is 0 Å². The zero-order valence-electron chi connectivity index (χ0n) is 10.8. The molecule has 2 rings (SSSR count). The summed E-state index contributed by atoms with van der Waals surface area (Å²) in [6, 6.07) is 15.5. The van der Waals surface area contributed by atoms with Crippen LogP contribution < -0.4 is 10.5 Å². The maximum Gasteiger partial charge on any atom is 0.261 e. The van der Waals surface area contributed by atoms with Gasteiger partial charge in [-0.15, -0.1) is 12.4 Å². The van der Waals surface area contributed by atoms with Gasteiger partial charge >= 0.3 is 0 Å². The van der Waals surface area contributed by atoms with Crippen molar-refractivity contribution >= 4 is 28.1 Å². The average molecular weight is 313 g/mol. The molecule has 0 aliphatic heterocycles. The topological polar surface area (TPSA) is 72.2 Å². The molecule has 6 heteroatoms. The Bertz CT molecular complexity index is 628. The van der Waals surface area contributed by atoms with Crippen LogP contribution in [0.15, 0.2) is 59.5 Å². The van der Waals surface area contributed by atoms with Crippen molar-refractivity contribution in [2.24, 2.45) is 5.73 Å². The second kappa shape index (κ2) is 7.28. The van der Waals surface area contributed by atoms with Crippen molar-refractivity contribution in [3.05, 3.63) is 60.2 Å². The van der Waals surface area contributed by atoms with E-state index >= 15 is 0 Å². The molecular weight excluding hydrogens is 296 g/mol. The van der Waals surface area contributed by atoms with E-state index in [2.05, 4.69) is 4.72 Å². The lowest BCUT2D eigenvalue weighted by Gasteiger charge is -2.08. The van der Waals surface area contributed by atoms with E-state index in [4.69, 9.17) is 5.73 Å². The molecule has 0 aromatic heterocycles. The minimum atomic E-state index is -3.51. The van der Waals surface area contributed by atoms with E-state index in [9.17, 15) is 8.42 Å². The van der Waals surface area contributed by atoms with Gasteiger partial charge in [0.05, 0.1) is 4.90 Å². The maximum atomic E-state index is 12.1. The molecule has 4 nitrogen and oxygen atoms in total. The molecule has 108 valence electrons. The molecule has 0 amide bonds. The minimum Gasteiger partial charge on any atom is -0.330 e. The van der Waals surface area contributed by atoms with Crippen molar-refractivity contribution in [2.75, 3.05) is 11.3 Å². The summed E-state index contributed by atoms with van der Waals surface area (Å²) in [6.07, 6.45) is 0.783. The highest BCUT2D eigenvalue weighted by molar-refractivity contribution is 7.92. The largest absolute Gasteiger partial charge is 0.330 e. The van der Waals surface area contributed by atoms with Gasteiger partial charge in [0.2, 0.25) is 0 Å². The monoisotopic (exact) mass is 312 g/mol. The van der Waals surface area contributed by atoms with Gasteiger partial charge in [-0.3, -0.25) is 4.72 Å². The van der Waals surface area contributed by atoms with Crippen LogP contribution in [0.5, 0.6) is 0 Å². The van der Waals surface area contributed by atoms with Crippen LogP contribution >= 0.6 is 12.4 Å². The van der Waals surface area contributed by atoms with Crippen molar-refractivity contribution in [1.29, 1.82) is 0 Å². The smallest absolute Gasteiger partial charge is 0.261 e. The third-order valence-corrected chi connectivity index (χ3v) is 4.09. The van der Waals surface area contributed by atoms with Crippen LogP contribution in [0.25, 0.3) is 0 Å². The number of anilines is 1. The minimum absolute atomic E-state index is 0. The lowest BCUT2D eigenvalue weighted by molar-refractivity contribution is 0.601. The molecule has 0 saturated carbocycles. The number of hydrogen-bond acceptors (Lipinski definition) is 3. The molecule has 0 fully saturated rings. The van der Waals surface area contributed by atoms with Gasteiger partial charge in [0, 0.05) is 5.69 Å². The third-order valence-electron chi connectivity index (χ3n) is 2.69. The van der Waals surface area contributed by atoms with Gasteiger partial charge in [-0.25, -0.2) is 8.42 Å². The Morgan fingerprint density at radius 3 is 2.10 bits per heavy atom. The van der Waals surface area contributed by atoms with Crippen molar-refractivity contribution in [3.63, 3.8) is 0 Å². The van der Waals surface area contributed by atoms with Crippen molar-refractivity contribution < 1.29 is 8.42 Å². The van der Waals surface area contributed by atoms with E-state index < -0.39 is 10.0 Å². The van der Waals surface area contributed by atoms with E-state index in [1.807, 2.05) is 12.1 Å². The number of halogens is 1. The summed E-state index contributed by atoms with van der Waals surface area (Å²) in [6.45, 7) is 0.578. The van der Waals surface area contributed by atoms with Gasteiger partial charge in [0.25, 0.3) is 10.0 Å². The fraction of sp³-hybridized carbons (Fsp3) is 0.143. The average Bonchev–Trinajstić information content (AvgIpc) is 2.42. The van der Waals surface area contributed by atoms with Gasteiger partial charge in [-0.05, 0) is 42.8 Å². The Hall–Kier alpha value is -1.56. The van der Waals surface area contributed by atoms with Crippen LogP contribution in [0.4, 0.5) is 5.69 Å². The standard InChI is InChI=1S/C14H16N2O2S.ClH/c15-11-10-12-6-8-13(9-7-12)16-19(17,18)14-4-2-1-3-5-14;/h1-9,16H,10-11,15H2;1H. The molecule has 0 bridgehead atoms. The second-order valence-corrected chi connectivity index (χ2v) is 5.84. The van der Waals surface area contributed by atoms with E-state index in [0.29, 0.717) is 12.2 Å². The van der Waals surface area contributed by atoms with Crippen LogP contribution in [-0.2, 0) is 16.4 Å². The zero-order chi connectivity index (χ0) is 13.7. The van der Waals surface area contributed by atoms with E-state index in [0.717, 1.165) is 12.0 Å². The Morgan fingerprint density at radius 2 is 1.55 bits per heavy atom. The molecule has 0 aliphatic carbocycles. The number of rotatable bonds is 5. The van der Waals surface area contributed by atoms with Gasteiger partial charge in [-0.1, -0.05) is 30.3 Å². The Kier molecular flexibility index (Phi) is 6.01.